The minimum atomic E-state index is -4.19. The largest absolute Gasteiger partial charge is 0.325 e. The third-order valence-corrected chi connectivity index (χ3v) is 5.31. The molecule has 25 heavy (non-hydrogen) atoms. The van der Waals surface area contributed by atoms with E-state index in [0.29, 0.717) is 6.42 Å². The van der Waals surface area contributed by atoms with Gasteiger partial charge in [-0.15, -0.1) is 0 Å². The van der Waals surface area contributed by atoms with Crippen LogP contribution in [0.15, 0.2) is 0 Å². The lowest BCUT2D eigenvalue weighted by Gasteiger charge is -2.18. The SMILES string of the molecule is CCCCCCCCCCCCCC(CCP(=O)(O)O)C(=O)N(O)O. The van der Waals surface area contributed by atoms with Gasteiger partial charge in [-0.25, -0.2) is 0 Å². The number of carbonyl (C=O) groups is 1. The Hall–Kier alpha value is -0.460. The van der Waals surface area contributed by atoms with Crippen LogP contribution < -0.4 is 0 Å². The van der Waals surface area contributed by atoms with Crippen molar-refractivity contribution in [2.75, 3.05) is 6.16 Å². The fourth-order valence-electron chi connectivity index (χ4n) is 2.93. The smallest absolute Gasteiger partial charge is 0.324 e. The lowest BCUT2D eigenvalue weighted by molar-refractivity contribution is -0.288. The summed E-state index contributed by atoms with van der Waals surface area (Å²) in [6.45, 7) is 2.21. The molecular weight excluding hydrogens is 345 g/mol. The van der Waals surface area contributed by atoms with Crippen molar-refractivity contribution < 1.29 is 29.6 Å². The maximum absolute atomic E-state index is 11.6. The van der Waals surface area contributed by atoms with Gasteiger partial charge in [0.15, 0.2) is 0 Å². The van der Waals surface area contributed by atoms with E-state index in [2.05, 4.69) is 6.92 Å². The molecular formula is C17H36NO6P. The number of hydrogen-bond acceptors (Lipinski definition) is 4. The average molecular weight is 381 g/mol. The van der Waals surface area contributed by atoms with Crippen molar-refractivity contribution in [1.29, 1.82) is 0 Å². The van der Waals surface area contributed by atoms with E-state index in [-0.39, 0.29) is 6.42 Å². The third kappa shape index (κ3) is 15.5. The molecule has 0 aromatic carbocycles. The summed E-state index contributed by atoms with van der Waals surface area (Å²) in [7, 11) is -4.19. The molecule has 0 radical (unpaired) electrons. The van der Waals surface area contributed by atoms with Gasteiger partial charge in [0.05, 0.1) is 6.16 Å². The van der Waals surface area contributed by atoms with E-state index in [0.717, 1.165) is 25.7 Å². The van der Waals surface area contributed by atoms with Gasteiger partial charge in [0.1, 0.15) is 0 Å². The van der Waals surface area contributed by atoms with E-state index in [1.54, 1.807) is 0 Å². The number of hydrogen-bond donors (Lipinski definition) is 4. The van der Waals surface area contributed by atoms with Crippen LogP contribution in [0.1, 0.15) is 90.4 Å². The standard InChI is InChI=1S/C17H36NO6P/c1-2-3-4-5-6-7-8-9-10-11-12-13-16(17(19)18(20)21)14-15-25(22,23)24/h16,20-21H,2-15H2,1H3,(H2,22,23,24). The number of rotatable bonds is 16. The average Bonchev–Trinajstić information content (AvgIpc) is 2.53. The van der Waals surface area contributed by atoms with E-state index >= 15 is 0 Å². The van der Waals surface area contributed by atoms with Crippen molar-refractivity contribution in [2.45, 2.75) is 90.4 Å². The number of hydroxylamine groups is 2. The van der Waals surface area contributed by atoms with Crippen LogP contribution in [0.5, 0.6) is 0 Å². The molecule has 0 fully saturated rings. The highest BCUT2D eigenvalue weighted by Gasteiger charge is 2.25. The molecule has 4 N–H and O–H groups in total. The minimum Gasteiger partial charge on any atom is -0.324 e. The van der Waals surface area contributed by atoms with Gasteiger partial charge in [-0.3, -0.25) is 19.8 Å². The Morgan fingerprint density at radius 3 is 1.68 bits per heavy atom. The predicted molar refractivity (Wildman–Crippen MR) is 96.5 cm³/mol. The Morgan fingerprint density at radius 1 is 0.840 bits per heavy atom. The fourth-order valence-corrected chi connectivity index (χ4v) is 3.58. The molecule has 0 aromatic rings. The topological polar surface area (TPSA) is 118 Å². The van der Waals surface area contributed by atoms with Crippen LogP contribution in [0.25, 0.3) is 0 Å². The van der Waals surface area contributed by atoms with E-state index in [9.17, 15) is 9.36 Å². The summed E-state index contributed by atoms with van der Waals surface area (Å²) >= 11 is 0. The quantitative estimate of drug-likeness (QED) is 0.135. The van der Waals surface area contributed by atoms with Crippen LogP contribution in [0, 0.1) is 5.92 Å². The maximum atomic E-state index is 11.6. The molecule has 0 aliphatic heterocycles. The van der Waals surface area contributed by atoms with Crippen molar-refractivity contribution in [3.8, 4) is 0 Å². The molecule has 0 spiro atoms. The predicted octanol–water partition coefficient (Wildman–Crippen LogP) is 4.48. The van der Waals surface area contributed by atoms with Crippen LogP contribution in [-0.4, -0.2) is 37.5 Å². The Morgan fingerprint density at radius 2 is 1.28 bits per heavy atom. The van der Waals surface area contributed by atoms with Crippen LogP contribution in [0.2, 0.25) is 0 Å². The van der Waals surface area contributed by atoms with Crippen LogP contribution >= 0.6 is 7.60 Å². The Bertz CT molecular complexity index is 385. The number of carbonyl (C=O) groups excluding carboxylic acids is 1. The van der Waals surface area contributed by atoms with Crippen molar-refractivity contribution in [3.63, 3.8) is 0 Å². The Labute approximate surface area is 151 Å². The summed E-state index contributed by atoms with van der Waals surface area (Å²) in [5, 5.41) is 17.2. The van der Waals surface area contributed by atoms with Gasteiger partial charge in [-0.2, -0.15) is 0 Å². The van der Waals surface area contributed by atoms with Gasteiger partial charge in [0.2, 0.25) is 0 Å². The summed E-state index contributed by atoms with van der Waals surface area (Å²) in [4.78, 5) is 29.5. The molecule has 0 saturated heterocycles. The fraction of sp³-hybridized carbons (Fsp3) is 0.941. The second-order valence-corrected chi connectivity index (χ2v) is 8.60. The zero-order valence-corrected chi connectivity index (χ0v) is 16.4. The first-order chi connectivity index (χ1) is 11.8. The Kier molecular flexibility index (Phi) is 14.4. The lowest BCUT2D eigenvalue weighted by Crippen LogP contribution is -2.31. The lowest BCUT2D eigenvalue weighted by atomic mass is 9.97. The molecule has 0 aliphatic rings. The summed E-state index contributed by atoms with van der Waals surface area (Å²) in [5.41, 5.74) is 0. The first-order valence-corrected chi connectivity index (χ1v) is 11.3. The molecule has 7 nitrogen and oxygen atoms in total. The maximum Gasteiger partial charge on any atom is 0.325 e. The molecule has 0 aliphatic carbocycles. The van der Waals surface area contributed by atoms with Crippen molar-refractivity contribution in [1.82, 2.24) is 5.23 Å². The first kappa shape index (κ1) is 24.5. The van der Waals surface area contributed by atoms with Crippen molar-refractivity contribution in [3.05, 3.63) is 0 Å². The van der Waals surface area contributed by atoms with Gasteiger partial charge in [0.25, 0.3) is 5.91 Å². The minimum absolute atomic E-state index is 0.0432. The number of amides is 1. The molecule has 0 aromatic heterocycles. The van der Waals surface area contributed by atoms with Crippen LogP contribution in [0.4, 0.5) is 0 Å². The molecule has 8 heteroatoms. The summed E-state index contributed by atoms with van der Waals surface area (Å²) in [5.74, 6) is -1.67. The third-order valence-electron chi connectivity index (χ3n) is 4.47. The molecule has 1 unspecified atom stereocenters. The molecule has 0 rings (SSSR count). The zero-order valence-electron chi connectivity index (χ0n) is 15.5. The molecule has 0 heterocycles. The number of unbranched alkanes of at least 4 members (excludes halogenated alkanes) is 10. The van der Waals surface area contributed by atoms with Gasteiger partial charge >= 0.3 is 7.60 Å². The normalized spacial score (nSPS) is 13.0. The highest BCUT2D eigenvalue weighted by molar-refractivity contribution is 7.51. The van der Waals surface area contributed by atoms with E-state index < -0.39 is 30.8 Å². The zero-order chi connectivity index (χ0) is 19.1. The second kappa shape index (κ2) is 14.7. The van der Waals surface area contributed by atoms with E-state index in [1.165, 1.54) is 44.9 Å². The van der Waals surface area contributed by atoms with E-state index in [1.807, 2.05) is 0 Å². The number of nitrogens with zero attached hydrogens (tertiary/aromatic N) is 1. The first-order valence-electron chi connectivity index (χ1n) is 9.54. The van der Waals surface area contributed by atoms with E-state index in [4.69, 9.17) is 20.2 Å². The molecule has 1 atom stereocenters. The van der Waals surface area contributed by atoms with Gasteiger partial charge in [0, 0.05) is 5.92 Å². The highest BCUT2D eigenvalue weighted by atomic mass is 31.2. The Balaban J connectivity index is 3.80. The van der Waals surface area contributed by atoms with Crippen LogP contribution in [0.3, 0.4) is 0 Å². The van der Waals surface area contributed by atoms with Gasteiger partial charge in [-0.05, 0) is 12.8 Å². The van der Waals surface area contributed by atoms with Gasteiger partial charge < -0.3 is 9.79 Å². The second-order valence-electron chi connectivity index (χ2n) is 6.83. The molecule has 1 amide bonds. The van der Waals surface area contributed by atoms with Gasteiger partial charge in [-0.1, -0.05) is 82.8 Å². The molecule has 0 bridgehead atoms. The molecule has 150 valence electrons. The van der Waals surface area contributed by atoms with Crippen molar-refractivity contribution >= 4 is 13.5 Å². The molecule has 0 saturated carbocycles. The summed E-state index contributed by atoms with van der Waals surface area (Å²) in [6, 6.07) is 0. The monoisotopic (exact) mass is 381 g/mol. The summed E-state index contributed by atoms with van der Waals surface area (Å²) in [6.07, 6.45) is 12.8. The van der Waals surface area contributed by atoms with Crippen LogP contribution in [-0.2, 0) is 9.36 Å². The van der Waals surface area contributed by atoms with Crippen molar-refractivity contribution in [2.24, 2.45) is 5.92 Å². The summed E-state index contributed by atoms with van der Waals surface area (Å²) < 4.78 is 10.9. The highest BCUT2D eigenvalue weighted by Crippen LogP contribution is 2.37.